The molecule has 1 aromatic carbocycles. The monoisotopic (exact) mass is 363 g/mol. The van der Waals surface area contributed by atoms with E-state index in [1.54, 1.807) is 0 Å². The van der Waals surface area contributed by atoms with Crippen molar-refractivity contribution in [2.45, 2.75) is 38.3 Å². The Morgan fingerprint density at radius 1 is 1.23 bits per heavy atom. The van der Waals surface area contributed by atoms with Crippen molar-refractivity contribution >= 4 is 5.91 Å². The summed E-state index contributed by atoms with van der Waals surface area (Å²) in [5, 5.41) is 3.11. The van der Waals surface area contributed by atoms with Crippen molar-refractivity contribution in [3.8, 4) is 0 Å². The molecule has 3 rings (SSSR count). The molecule has 6 heteroatoms. The molecule has 0 bridgehead atoms. The molecule has 1 unspecified atom stereocenters. The van der Waals surface area contributed by atoms with Crippen LogP contribution in [0.15, 0.2) is 24.3 Å². The minimum atomic E-state index is -0.221. The van der Waals surface area contributed by atoms with Gasteiger partial charge in [0.05, 0.1) is 19.8 Å². The maximum absolute atomic E-state index is 13.2. The molecular formula is C20H30FN3O2. The Kier molecular flexibility index (Phi) is 6.27. The third-order valence-electron chi connectivity index (χ3n) is 5.55. The number of ether oxygens (including phenoxy) is 1. The molecule has 0 aliphatic carbocycles. The topological polar surface area (TPSA) is 44.8 Å². The molecule has 1 aromatic rings. The molecular weight excluding hydrogens is 333 g/mol. The van der Waals surface area contributed by atoms with E-state index in [0.717, 1.165) is 51.3 Å². The van der Waals surface area contributed by atoms with Gasteiger partial charge in [0, 0.05) is 31.2 Å². The van der Waals surface area contributed by atoms with Crippen LogP contribution >= 0.6 is 0 Å². The van der Waals surface area contributed by atoms with Crippen molar-refractivity contribution in [1.29, 1.82) is 0 Å². The van der Waals surface area contributed by atoms with E-state index < -0.39 is 0 Å². The summed E-state index contributed by atoms with van der Waals surface area (Å²) in [5.74, 6) is -0.165. The van der Waals surface area contributed by atoms with Crippen LogP contribution in [-0.4, -0.2) is 67.2 Å². The highest BCUT2D eigenvalue weighted by Gasteiger charge is 2.30. The molecule has 2 saturated heterocycles. The first kappa shape index (κ1) is 19.3. The van der Waals surface area contributed by atoms with Gasteiger partial charge in [-0.05, 0) is 50.9 Å². The number of benzene rings is 1. The molecule has 0 aromatic heterocycles. The Morgan fingerprint density at radius 3 is 2.62 bits per heavy atom. The first-order chi connectivity index (χ1) is 12.5. The van der Waals surface area contributed by atoms with E-state index in [2.05, 4.69) is 29.0 Å². The first-order valence-electron chi connectivity index (χ1n) is 9.55. The first-order valence-corrected chi connectivity index (χ1v) is 9.55. The Hall–Kier alpha value is -1.50. The van der Waals surface area contributed by atoms with Gasteiger partial charge in [0.2, 0.25) is 5.91 Å². The summed E-state index contributed by atoms with van der Waals surface area (Å²) in [7, 11) is 0. The zero-order valence-corrected chi connectivity index (χ0v) is 15.8. The fraction of sp³-hybridized carbons (Fsp3) is 0.650. The van der Waals surface area contributed by atoms with Gasteiger partial charge in [-0.1, -0.05) is 12.1 Å². The molecule has 26 heavy (non-hydrogen) atoms. The lowest BCUT2D eigenvalue weighted by molar-refractivity contribution is -0.123. The van der Waals surface area contributed by atoms with Gasteiger partial charge in [-0.25, -0.2) is 4.39 Å². The van der Waals surface area contributed by atoms with Gasteiger partial charge < -0.3 is 10.1 Å². The molecule has 0 spiro atoms. The van der Waals surface area contributed by atoms with E-state index in [9.17, 15) is 9.18 Å². The molecule has 1 amide bonds. The lowest BCUT2D eigenvalue weighted by atomic mass is 10.0. The second-order valence-corrected chi connectivity index (χ2v) is 7.87. The van der Waals surface area contributed by atoms with Crippen molar-refractivity contribution < 1.29 is 13.9 Å². The van der Waals surface area contributed by atoms with Crippen LogP contribution in [-0.2, 0) is 9.53 Å². The molecule has 0 saturated carbocycles. The molecule has 1 N–H and O–H groups in total. The number of hydrogen-bond donors (Lipinski definition) is 1. The van der Waals surface area contributed by atoms with Gasteiger partial charge in [0.1, 0.15) is 5.82 Å². The number of nitrogens with one attached hydrogen (secondary N) is 1. The summed E-state index contributed by atoms with van der Waals surface area (Å²) in [6.45, 7) is 9.56. The predicted molar refractivity (Wildman–Crippen MR) is 99.4 cm³/mol. The summed E-state index contributed by atoms with van der Waals surface area (Å²) in [6.07, 6.45) is 2.08. The van der Waals surface area contributed by atoms with Crippen LogP contribution in [0.25, 0.3) is 0 Å². The molecule has 5 nitrogen and oxygen atoms in total. The van der Waals surface area contributed by atoms with Gasteiger partial charge in [-0.15, -0.1) is 0 Å². The SMILES string of the molecule is CC(C)(CNC(=O)CN1CCCC1c1ccc(F)cc1)N1CCOCC1. The Labute approximate surface area is 155 Å². The van der Waals surface area contributed by atoms with Crippen LogP contribution in [0.4, 0.5) is 4.39 Å². The van der Waals surface area contributed by atoms with Crippen molar-refractivity contribution in [3.63, 3.8) is 0 Å². The number of carbonyl (C=O) groups is 1. The number of rotatable bonds is 6. The standard InChI is InChI=1S/C20H30FN3O2/c1-20(2,24-10-12-26-13-11-24)15-22-19(25)14-23-9-3-4-18(23)16-5-7-17(21)8-6-16/h5-8,18H,3-4,9-15H2,1-2H3,(H,22,25). The number of nitrogens with zero attached hydrogens (tertiary/aromatic N) is 2. The van der Waals surface area contributed by atoms with Crippen molar-refractivity contribution in [1.82, 2.24) is 15.1 Å². The number of amides is 1. The average molecular weight is 363 g/mol. The maximum atomic E-state index is 13.2. The van der Waals surface area contributed by atoms with E-state index in [-0.39, 0.29) is 23.3 Å². The predicted octanol–water partition coefficient (Wildman–Crippen LogP) is 2.19. The van der Waals surface area contributed by atoms with Gasteiger partial charge in [-0.3, -0.25) is 14.6 Å². The highest BCUT2D eigenvalue weighted by molar-refractivity contribution is 5.78. The molecule has 2 heterocycles. The second-order valence-electron chi connectivity index (χ2n) is 7.87. The number of carbonyl (C=O) groups excluding carboxylic acids is 1. The summed E-state index contributed by atoms with van der Waals surface area (Å²) in [6, 6.07) is 6.86. The zero-order chi connectivity index (χ0) is 18.6. The van der Waals surface area contributed by atoms with Gasteiger partial charge in [0.25, 0.3) is 0 Å². The summed E-state index contributed by atoms with van der Waals surface area (Å²) >= 11 is 0. The lowest BCUT2D eigenvalue weighted by Crippen LogP contribution is -2.56. The Balaban J connectivity index is 1.51. The number of morpholine rings is 1. The van der Waals surface area contributed by atoms with E-state index >= 15 is 0 Å². The fourth-order valence-electron chi connectivity index (χ4n) is 3.91. The second kappa shape index (κ2) is 8.46. The summed E-state index contributed by atoms with van der Waals surface area (Å²) < 4.78 is 18.6. The van der Waals surface area contributed by atoms with Crippen molar-refractivity contribution in [2.24, 2.45) is 0 Å². The minimum Gasteiger partial charge on any atom is -0.379 e. The van der Waals surface area contributed by atoms with Crippen LogP contribution in [0.5, 0.6) is 0 Å². The highest BCUT2D eigenvalue weighted by Crippen LogP contribution is 2.31. The summed E-state index contributed by atoms with van der Waals surface area (Å²) in [4.78, 5) is 17.1. The van der Waals surface area contributed by atoms with Gasteiger partial charge in [0.15, 0.2) is 0 Å². The normalized spacial score (nSPS) is 22.5. The van der Waals surface area contributed by atoms with E-state index in [1.807, 2.05) is 12.1 Å². The van der Waals surface area contributed by atoms with E-state index in [0.29, 0.717) is 13.1 Å². The smallest absolute Gasteiger partial charge is 0.234 e. The lowest BCUT2D eigenvalue weighted by Gasteiger charge is -2.41. The molecule has 2 aliphatic rings. The summed E-state index contributed by atoms with van der Waals surface area (Å²) in [5.41, 5.74) is 1.01. The molecule has 2 aliphatic heterocycles. The highest BCUT2D eigenvalue weighted by atomic mass is 19.1. The third kappa shape index (κ3) is 4.81. The van der Waals surface area contributed by atoms with Crippen molar-refractivity contribution in [3.05, 3.63) is 35.6 Å². The molecule has 144 valence electrons. The van der Waals surface area contributed by atoms with Crippen LogP contribution in [0.2, 0.25) is 0 Å². The molecule has 1 atom stereocenters. The van der Waals surface area contributed by atoms with Gasteiger partial charge >= 0.3 is 0 Å². The van der Waals surface area contributed by atoms with Crippen LogP contribution < -0.4 is 5.32 Å². The number of halogens is 1. The maximum Gasteiger partial charge on any atom is 0.234 e. The Morgan fingerprint density at radius 2 is 1.92 bits per heavy atom. The quantitative estimate of drug-likeness (QED) is 0.842. The third-order valence-corrected chi connectivity index (χ3v) is 5.55. The fourth-order valence-corrected chi connectivity index (χ4v) is 3.91. The van der Waals surface area contributed by atoms with E-state index in [4.69, 9.17) is 4.74 Å². The van der Waals surface area contributed by atoms with Gasteiger partial charge in [-0.2, -0.15) is 0 Å². The van der Waals surface area contributed by atoms with Crippen LogP contribution in [0.1, 0.15) is 38.3 Å². The van der Waals surface area contributed by atoms with Crippen LogP contribution in [0, 0.1) is 5.82 Å². The average Bonchev–Trinajstić information content (AvgIpc) is 3.09. The molecule has 2 fully saturated rings. The minimum absolute atomic E-state index is 0.0559. The number of hydrogen-bond acceptors (Lipinski definition) is 4. The largest absolute Gasteiger partial charge is 0.379 e. The molecule has 0 radical (unpaired) electrons. The zero-order valence-electron chi connectivity index (χ0n) is 15.8. The van der Waals surface area contributed by atoms with Crippen molar-refractivity contribution in [2.75, 3.05) is 45.9 Å². The Bertz CT molecular complexity index is 600. The van der Waals surface area contributed by atoms with Crippen LogP contribution in [0.3, 0.4) is 0 Å². The van der Waals surface area contributed by atoms with E-state index in [1.165, 1.54) is 12.1 Å². The number of likely N-dealkylation sites (tertiary alicyclic amines) is 1.